The van der Waals surface area contributed by atoms with Crippen molar-refractivity contribution < 1.29 is 4.52 Å². The van der Waals surface area contributed by atoms with E-state index in [1.807, 2.05) is 43.3 Å². The molecular formula is C17H17N3O. The highest BCUT2D eigenvalue weighted by Gasteiger charge is 2.09. The zero-order valence-electron chi connectivity index (χ0n) is 11.9. The average Bonchev–Trinajstić information content (AvgIpc) is 2.98. The van der Waals surface area contributed by atoms with E-state index in [-0.39, 0.29) is 0 Å². The van der Waals surface area contributed by atoms with Gasteiger partial charge < -0.3 is 10.3 Å². The van der Waals surface area contributed by atoms with Crippen molar-refractivity contribution in [1.82, 2.24) is 10.1 Å². The van der Waals surface area contributed by atoms with Crippen LogP contribution in [0.25, 0.3) is 11.4 Å². The molecular weight excluding hydrogens is 262 g/mol. The Hall–Kier alpha value is -2.62. The lowest BCUT2D eigenvalue weighted by atomic mass is 10.1. The minimum atomic E-state index is 0.612. The fourth-order valence-corrected chi connectivity index (χ4v) is 2.18. The first kappa shape index (κ1) is 13.4. The topological polar surface area (TPSA) is 64.9 Å². The van der Waals surface area contributed by atoms with Crippen molar-refractivity contribution in [1.29, 1.82) is 0 Å². The van der Waals surface area contributed by atoms with Gasteiger partial charge in [-0.25, -0.2) is 0 Å². The lowest BCUT2D eigenvalue weighted by molar-refractivity contribution is 0.379. The Morgan fingerprint density at radius 1 is 1.05 bits per heavy atom. The van der Waals surface area contributed by atoms with Crippen molar-refractivity contribution in [3.8, 4) is 11.4 Å². The van der Waals surface area contributed by atoms with Gasteiger partial charge in [0, 0.05) is 17.7 Å². The number of hydrogen-bond acceptors (Lipinski definition) is 4. The minimum Gasteiger partial charge on any atom is -0.399 e. The van der Waals surface area contributed by atoms with Crippen LogP contribution in [0, 0.1) is 6.92 Å². The maximum Gasteiger partial charge on any atom is 0.227 e. The monoisotopic (exact) mass is 279 g/mol. The molecule has 21 heavy (non-hydrogen) atoms. The van der Waals surface area contributed by atoms with Crippen LogP contribution in [0.3, 0.4) is 0 Å². The summed E-state index contributed by atoms with van der Waals surface area (Å²) in [4.78, 5) is 4.45. The van der Waals surface area contributed by atoms with Crippen LogP contribution in [0.2, 0.25) is 0 Å². The molecule has 0 atom stereocenters. The first-order valence-electron chi connectivity index (χ1n) is 6.95. The van der Waals surface area contributed by atoms with Crippen molar-refractivity contribution >= 4 is 5.69 Å². The lowest BCUT2D eigenvalue weighted by Crippen LogP contribution is -1.92. The predicted molar refractivity (Wildman–Crippen MR) is 82.7 cm³/mol. The smallest absolute Gasteiger partial charge is 0.227 e. The summed E-state index contributed by atoms with van der Waals surface area (Å²) in [6, 6.07) is 16.0. The molecule has 0 bridgehead atoms. The minimum absolute atomic E-state index is 0.612. The zero-order valence-corrected chi connectivity index (χ0v) is 11.9. The SMILES string of the molecule is Cc1cc(-c2noc(CCc3ccccc3)n2)ccc1N. The molecule has 0 saturated heterocycles. The quantitative estimate of drug-likeness (QED) is 0.743. The molecule has 1 aromatic heterocycles. The predicted octanol–water partition coefficient (Wildman–Crippen LogP) is 3.41. The Bertz CT molecular complexity index is 735. The summed E-state index contributed by atoms with van der Waals surface area (Å²) in [7, 11) is 0. The molecule has 3 rings (SSSR count). The third-order valence-corrected chi connectivity index (χ3v) is 3.47. The Labute approximate surface area is 123 Å². The summed E-state index contributed by atoms with van der Waals surface area (Å²) >= 11 is 0. The van der Waals surface area contributed by atoms with Gasteiger partial charge in [-0.15, -0.1) is 0 Å². The third-order valence-electron chi connectivity index (χ3n) is 3.47. The van der Waals surface area contributed by atoms with Crippen molar-refractivity contribution in [3.05, 3.63) is 65.5 Å². The second kappa shape index (κ2) is 5.79. The molecule has 3 aromatic rings. The van der Waals surface area contributed by atoms with Gasteiger partial charge in [-0.2, -0.15) is 4.98 Å². The van der Waals surface area contributed by atoms with Crippen molar-refractivity contribution in [2.75, 3.05) is 5.73 Å². The van der Waals surface area contributed by atoms with E-state index in [0.29, 0.717) is 11.7 Å². The standard InChI is InChI=1S/C17H17N3O/c1-12-11-14(8-9-15(12)18)17-19-16(21-20-17)10-7-13-5-3-2-4-6-13/h2-6,8-9,11H,7,10,18H2,1H3. The molecule has 0 spiro atoms. The molecule has 0 amide bonds. The molecule has 4 heteroatoms. The number of rotatable bonds is 4. The van der Waals surface area contributed by atoms with E-state index in [0.717, 1.165) is 29.7 Å². The van der Waals surface area contributed by atoms with Gasteiger partial charge in [0.05, 0.1) is 0 Å². The van der Waals surface area contributed by atoms with Gasteiger partial charge in [-0.05, 0) is 42.7 Å². The first-order chi connectivity index (χ1) is 10.2. The van der Waals surface area contributed by atoms with Crippen LogP contribution in [-0.2, 0) is 12.8 Å². The van der Waals surface area contributed by atoms with Crippen molar-refractivity contribution in [3.63, 3.8) is 0 Å². The van der Waals surface area contributed by atoms with Crippen LogP contribution < -0.4 is 5.73 Å². The van der Waals surface area contributed by atoms with Gasteiger partial charge in [-0.1, -0.05) is 35.5 Å². The first-order valence-corrected chi connectivity index (χ1v) is 6.95. The maximum atomic E-state index is 5.82. The lowest BCUT2D eigenvalue weighted by Gasteiger charge is -2.00. The molecule has 0 saturated carbocycles. The Kier molecular flexibility index (Phi) is 3.69. The fraction of sp³-hybridized carbons (Fsp3) is 0.176. The molecule has 0 aliphatic carbocycles. The zero-order chi connectivity index (χ0) is 14.7. The highest BCUT2D eigenvalue weighted by Crippen LogP contribution is 2.21. The number of nitrogens with zero attached hydrogens (tertiary/aromatic N) is 2. The molecule has 2 aromatic carbocycles. The van der Waals surface area contributed by atoms with Gasteiger partial charge in [0.1, 0.15) is 0 Å². The summed E-state index contributed by atoms with van der Waals surface area (Å²) in [5.74, 6) is 1.27. The third kappa shape index (κ3) is 3.11. The summed E-state index contributed by atoms with van der Waals surface area (Å²) in [5.41, 5.74) is 9.80. The van der Waals surface area contributed by atoms with E-state index in [4.69, 9.17) is 10.3 Å². The number of benzene rings is 2. The number of aromatic nitrogens is 2. The molecule has 1 heterocycles. The van der Waals surface area contributed by atoms with Gasteiger partial charge in [0.15, 0.2) is 0 Å². The summed E-state index contributed by atoms with van der Waals surface area (Å²) < 4.78 is 5.32. The molecule has 0 aliphatic rings. The van der Waals surface area contributed by atoms with Crippen molar-refractivity contribution in [2.45, 2.75) is 19.8 Å². The Morgan fingerprint density at radius 2 is 1.86 bits per heavy atom. The van der Waals surface area contributed by atoms with Crippen LogP contribution in [-0.4, -0.2) is 10.1 Å². The average molecular weight is 279 g/mol. The Morgan fingerprint density at radius 3 is 2.62 bits per heavy atom. The molecule has 0 radical (unpaired) electrons. The Balaban J connectivity index is 1.72. The van der Waals surface area contributed by atoms with Crippen LogP contribution in [0.5, 0.6) is 0 Å². The van der Waals surface area contributed by atoms with Crippen LogP contribution >= 0.6 is 0 Å². The largest absolute Gasteiger partial charge is 0.399 e. The van der Waals surface area contributed by atoms with E-state index >= 15 is 0 Å². The molecule has 2 N–H and O–H groups in total. The van der Waals surface area contributed by atoms with Gasteiger partial charge in [0.25, 0.3) is 0 Å². The number of aryl methyl sites for hydroxylation is 3. The van der Waals surface area contributed by atoms with Gasteiger partial charge in [-0.3, -0.25) is 0 Å². The molecule has 4 nitrogen and oxygen atoms in total. The highest BCUT2D eigenvalue weighted by atomic mass is 16.5. The summed E-state index contributed by atoms with van der Waals surface area (Å²) in [6.07, 6.45) is 1.63. The van der Waals surface area contributed by atoms with E-state index in [1.54, 1.807) is 0 Å². The van der Waals surface area contributed by atoms with Crippen LogP contribution in [0.15, 0.2) is 53.1 Å². The number of nitrogens with two attached hydrogens (primary N) is 1. The highest BCUT2D eigenvalue weighted by molar-refractivity contribution is 5.61. The van der Waals surface area contributed by atoms with Crippen LogP contribution in [0.4, 0.5) is 5.69 Å². The van der Waals surface area contributed by atoms with Crippen molar-refractivity contribution in [2.24, 2.45) is 0 Å². The van der Waals surface area contributed by atoms with E-state index < -0.39 is 0 Å². The van der Waals surface area contributed by atoms with Crippen LogP contribution in [0.1, 0.15) is 17.0 Å². The van der Waals surface area contributed by atoms with Gasteiger partial charge in [0.2, 0.25) is 11.7 Å². The summed E-state index contributed by atoms with van der Waals surface area (Å²) in [5, 5.41) is 4.04. The number of anilines is 1. The molecule has 0 fully saturated rings. The number of hydrogen-bond donors (Lipinski definition) is 1. The normalized spacial score (nSPS) is 10.7. The molecule has 106 valence electrons. The maximum absolute atomic E-state index is 5.82. The van der Waals surface area contributed by atoms with Gasteiger partial charge >= 0.3 is 0 Å². The fourth-order valence-electron chi connectivity index (χ4n) is 2.18. The molecule has 0 aliphatic heterocycles. The summed E-state index contributed by atoms with van der Waals surface area (Å²) in [6.45, 7) is 1.97. The second-order valence-electron chi connectivity index (χ2n) is 5.07. The van der Waals surface area contributed by atoms with E-state index in [2.05, 4.69) is 22.3 Å². The van der Waals surface area contributed by atoms with E-state index in [1.165, 1.54) is 5.56 Å². The number of nitrogen functional groups attached to an aromatic ring is 1. The second-order valence-corrected chi connectivity index (χ2v) is 5.07. The molecule has 0 unspecified atom stereocenters. The van der Waals surface area contributed by atoms with E-state index in [9.17, 15) is 0 Å².